The highest BCUT2D eigenvalue weighted by atomic mass is 32.1. The van der Waals surface area contributed by atoms with Crippen LogP contribution in [0.4, 0.5) is 0 Å². The molecule has 0 saturated carbocycles. The number of nitrogens with zero attached hydrogens (tertiary/aromatic N) is 2. The summed E-state index contributed by atoms with van der Waals surface area (Å²) >= 11 is 4.88. The van der Waals surface area contributed by atoms with Crippen molar-refractivity contribution in [2.75, 3.05) is 0 Å². The van der Waals surface area contributed by atoms with E-state index < -0.39 is 0 Å². The zero-order valence-electron chi connectivity index (χ0n) is 7.48. The Bertz CT molecular complexity index is 373. The van der Waals surface area contributed by atoms with E-state index in [1.54, 1.807) is 19.2 Å². The van der Waals surface area contributed by atoms with Crippen molar-refractivity contribution in [3.8, 4) is 0 Å². The third-order valence-electron chi connectivity index (χ3n) is 1.40. The van der Waals surface area contributed by atoms with Gasteiger partial charge >= 0.3 is 5.97 Å². The Morgan fingerprint density at radius 3 is 3.00 bits per heavy atom. The largest absolute Gasteiger partial charge is 0.334 e. The molecule has 0 aromatic carbocycles. The molecule has 1 aromatic rings. The van der Waals surface area contributed by atoms with Crippen LogP contribution in [-0.4, -0.2) is 15.7 Å². The van der Waals surface area contributed by atoms with Crippen LogP contribution in [0.5, 0.6) is 0 Å². The van der Waals surface area contributed by atoms with Gasteiger partial charge in [-0.3, -0.25) is 0 Å². The van der Waals surface area contributed by atoms with Crippen molar-refractivity contribution in [3.05, 3.63) is 22.7 Å². The van der Waals surface area contributed by atoms with Gasteiger partial charge in [0.2, 0.25) is 4.77 Å². The van der Waals surface area contributed by atoms with Crippen molar-refractivity contribution in [1.82, 2.24) is 9.71 Å². The summed E-state index contributed by atoms with van der Waals surface area (Å²) in [7, 11) is 0. The lowest BCUT2D eigenvalue weighted by molar-refractivity contribution is -0.144. The van der Waals surface area contributed by atoms with Crippen LogP contribution in [0.3, 0.4) is 0 Å². The zero-order valence-corrected chi connectivity index (χ0v) is 8.30. The molecule has 70 valence electrons. The quantitative estimate of drug-likeness (QED) is 0.671. The van der Waals surface area contributed by atoms with Crippen LogP contribution < -0.4 is 4.84 Å². The maximum atomic E-state index is 10.9. The van der Waals surface area contributed by atoms with E-state index in [0.29, 0.717) is 6.42 Å². The fourth-order valence-electron chi connectivity index (χ4n) is 0.720. The van der Waals surface area contributed by atoms with Crippen LogP contribution in [0.25, 0.3) is 0 Å². The van der Waals surface area contributed by atoms with Crippen molar-refractivity contribution in [1.29, 1.82) is 0 Å². The summed E-state index contributed by atoms with van der Waals surface area (Å²) in [6, 6.07) is 1.72. The summed E-state index contributed by atoms with van der Waals surface area (Å²) < 4.78 is 1.44. The van der Waals surface area contributed by atoms with Crippen LogP contribution in [0.1, 0.15) is 19.0 Å². The van der Waals surface area contributed by atoms with Gasteiger partial charge in [0.15, 0.2) is 0 Å². The third kappa shape index (κ3) is 2.62. The fraction of sp³-hybridized carbons (Fsp3) is 0.375. The fourth-order valence-corrected chi connectivity index (χ4v) is 0.963. The van der Waals surface area contributed by atoms with Gasteiger partial charge in [-0.25, -0.2) is 9.78 Å². The molecule has 0 spiro atoms. The van der Waals surface area contributed by atoms with Gasteiger partial charge in [-0.05, 0) is 25.2 Å². The Balaban J connectivity index is 2.90. The molecule has 0 radical (unpaired) electrons. The van der Waals surface area contributed by atoms with Gasteiger partial charge in [0, 0.05) is 18.3 Å². The first-order chi connectivity index (χ1) is 6.13. The number of aromatic nitrogens is 2. The van der Waals surface area contributed by atoms with Gasteiger partial charge in [0.05, 0.1) is 0 Å². The summed E-state index contributed by atoms with van der Waals surface area (Å²) in [5.74, 6) is -0.332. The molecule has 1 rings (SSSR count). The van der Waals surface area contributed by atoms with Crippen molar-refractivity contribution in [3.63, 3.8) is 0 Å². The maximum absolute atomic E-state index is 10.9. The molecule has 0 aliphatic heterocycles. The SMILES string of the molecule is CCC(=O)On1ccc(C)nc1=S. The Morgan fingerprint density at radius 1 is 1.77 bits per heavy atom. The average molecular weight is 198 g/mol. The number of hydrogen-bond donors (Lipinski definition) is 0. The number of carbonyl (C=O) groups is 1. The molecule has 0 aliphatic carbocycles. The van der Waals surface area contributed by atoms with Crippen molar-refractivity contribution < 1.29 is 9.63 Å². The minimum atomic E-state index is -0.332. The first kappa shape index (κ1) is 9.85. The molecule has 0 atom stereocenters. The first-order valence-electron chi connectivity index (χ1n) is 3.91. The summed E-state index contributed by atoms with van der Waals surface area (Å²) in [4.78, 5) is 19.7. The Kier molecular flexibility index (Phi) is 3.13. The van der Waals surface area contributed by atoms with Crippen molar-refractivity contribution in [2.45, 2.75) is 20.3 Å². The molecule has 0 unspecified atom stereocenters. The predicted molar refractivity (Wildman–Crippen MR) is 49.7 cm³/mol. The number of carbonyl (C=O) groups excluding carboxylic acids is 1. The molecule has 4 nitrogen and oxygen atoms in total. The Morgan fingerprint density at radius 2 is 2.46 bits per heavy atom. The highest BCUT2D eigenvalue weighted by Gasteiger charge is 2.00. The van der Waals surface area contributed by atoms with E-state index in [9.17, 15) is 4.79 Å². The standard InChI is InChI=1S/C8H10N2O2S/c1-3-7(11)12-10-5-4-6(2)9-8(10)13/h4-5H,3H2,1-2H3. The molecule has 0 N–H and O–H groups in total. The van der Waals surface area contributed by atoms with Gasteiger partial charge in [0.25, 0.3) is 0 Å². The summed E-state index contributed by atoms with van der Waals surface area (Å²) in [6.45, 7) is 3.54. The van der Waals surface area contributed by atoms with Gasteiger partial charge in [0.1, 0.15) is 0 Å². The lowest BCUT2D eigenvalue weighted by atomic mass is 10.5. The summed E-state index contributed by atoms with van der Waals surface area (Å²) in [5.41, 5.74) is 0.800. The average Bonchev–Trinajstić information content (AvgIpc) is 2.09. The highest BCUT2D eigenvalue weighted by molar-refractivity contribution is 7.71. The van der Waals surface area contributed by atoms with Gasteiger partial charge < -0.3 is 4.84 Å². The second kappa shape index (κ2) is 4.13. The molecule has 0 aliphatic rings. The Hall–Kier alpha value is -1.23. The molecule has 0 bridgehead atoms. The molecular weight excluding hydrogens is 188 g/mol. The monoisotopic (exact) mass is 198 g/mol. The van der Waals surface area contributed by atoms with Crippen LogP contribution in [0, 0.1) is 11.7 Å². The smallest absolute Gasteiger partial charge is 0.332 e. The molecule has 5 heteroatoms. The van der Waals surface area contributed by atoms with Gasteiger partial charge in [-0.15, -0.1) is 0 Å². The first-order valence-corrected chi connectivity index (χ1v) is 4.31. The van der Waals surface area contributed by atoms with Crippen LogP contribution in [-0.2, 0) is 4.79 Å². The lowest BCUT2D eigenvalue weighted by Crippen LogP contribution is -2.20. The third-order valence-corrected chi connectivity index (χ3v) is 1.67. The number of rotatable bonds is 2. The van der Waals surface area contributed by atoms with E-state index in [-0.39, 0.29) is 10.7 Å². The molecule has 0 saturated heterocycles. The van der Waals surface area contributed by atoms with E-state index in [4.69, 9.17) is 17.1 Å². The topological polar surface area (TPSA) is 44.1 Å². The van der Waals surface area contributed by atoms with Gasteiger partial charge in [-0.2, -0.15) is 4.73 Å². The van der Waals surface area contributed by atoms with E-state index in [0.717, 1.165) is 5.69 Å². The molecule has 1 aromatic heterocycles. The minimum absolute atomic E-state index is 0.252. The van der Waals surface area contributed by atoms with Crippen molar-refractivity contribution >= 4 is 18.2 Å². The molecule has 1 heterocycles. The second-order valence-corrected chi connectivity index (χ2v) is 2.86. The normalized spacial score (nSPS) is 9.69. The van der Waals surface area contributed by atoms with Crippen molar-refractivity contribution in [2.24, 2.45) is 0 Å². The maximum Gasteiger partial charge on any atom is 0.332 e. The molecular formula is C8H10N2O2S. The van der Waals surface area contributed by atoms with E-state index >= 15 is 0 Å². The summed E-state index contributed by atoms with van der Waals surface area (Å²) in [6.07, 6.45) is 1.90. The van der Waals surface area contributed by atoms with Gasteiger partial charge in [-0.1, -0.05) is 6.92 Å². The molecule has 0 fully saturated rings. The van der Waals surface area contributed by atoms with E-state index in [2.05, 4.69) is 4.98 Å². The number of hydrogen-bond acceptors (Lipinski definition) is 4. The van der Waals surface area contributed by atoms with E-state index in [1.807, 2.05) is 6.92 Å². The number of aryl methyl sites for hydroxylation is 1. The predicted octanol–water partition coefficient (Wildman–Crippen LogP) is 1.29. The molecule has 0 amide bonds. The zero-order chi connectivity index (χ0) is 9.84. The van der Waals surface area contributed by atoms with Crippen LogP contribution >= 0.6 is 12.2 Å². The lowest BCUT2D eigenvalue weighted by Gasteiger charge is -2.04. The summed E-state index contributed by atoms with van der Waals surface area (Å²) in [5, 5.41) is 0. The Labute approximate surface area is 81.1 Å². The second-order valence-electron chi connectivity index (χ2n) is 2.49. The highest BCUT2D eigenvalue weighted by Crippen LogP contribution is 1.93. The van der Waals surface area contributed by atoms with Crippen LogP contribution in [0.2, 0.25) is 0 Å². The molecule has 13 heavy (non-hydrogen) atoms. The minimum Gasteiger partial charge on any atom is -0.334 e. The van der Waals surface area contributed by atoms with Crippen LogP contribution in [0.15, 0.2) is 12.3 Å². The van der Waals surface area contributed by atoms with E-state index in [1.165, 1.54) is 4.73 Å².